The molecule has 24 heavy (non-hydrogen) atoms. The number of carbonyl (C=O) groups is 1. The van der Waals surface area contributed by atoms with Crippen molar-refractivity contribution in [1.82, 2.24) is 9.97 Å². The fourth-order valence-electron chi connectivity index (χ4n) is 3.49. The largest absolute Gasteiger partial charge is 0.368 e. The van der Waals surface area contributed by atoms with E-state index in [0.29, 0.717) is 6.61 Å². The van der Waals surface area contributed by atoms with Crippen molar-refractivity contribution in [2.45, 2.75) is 38.2 Å². The van der Waals surface area contributed by atoms with Crippen LogP contribution >= 0.6 is 0 Å². The van der Waals surface area contributed by atoms with E-state index in [9.17, 15) is 4.79 Å². The lowest BCUT2D eigenvalue weighted by Gasteiger charge is -2.28. The number of anilines is 2. The Bertz CT molecular complexity index is 737. The molecule has 1 amide bonds. The number of nitrogens with zero attached hydrogens (tertiary/aromatic N) is 3. The lowest BCUT2D eigenvalue weighted by Crippen LogP contribution is -2.30. The van der Waals surface area contributed by atoms with Crippen molar-refractivity contribution >= 4 is 28.3 Å². The van der Waals surface area contributed by atoms with Crippen LogP contribution in [-0.4, -0.2) is 41.7 Å². The van der Waals surface area contributed by atoms with Gasteiger partial charge in [-0.1, -0.05) is 0 Å². The Labute approximate surface area is 141 Å². The smallest absolute Gasteiger partial charge is 0.253 e. The van der Waals surface area contributed by atoms with Gasteiger partial charge < -0.3 is 15.0 Å². The number of hydrogen-bond acceptors (Lipinski definition) is 5. The third-order valence-corrected chi connectivity index (χ3v) is 4.76. The summed E-state index contributed by atoms with van der Waals surface area (Å²) in [7, 11) is 0. The Morgan fingerprint density at radius 3 is 2.83 bits per heavy atom. The second-order valence-electron chi connectivity index (χ2n) is 6.47. The molecular weight excluding hydrogens is 304 g/mol. The molecule has 0 unspecified atom stereocenters. The highest BCUT2D eigenvalue weighted by atomic mass is 16.5. The molecule has 1 aromatic carbocycles. The van der Waals surface area contributed by atoms with Crippen molar-refractivity contribution in [3.8, 4) is 0 Å². The molecule has 4 rings (SSSR count). The molecule has 0 saturated carbocycles. The summed E-state index contributed by atoms with van der Waals surface area (Å²) < 4.78 is 5.43. The first-order valence-electron chi connectivity index (χ1n) is 8.73. The van der Waals surface area contributed by atoms with Gasteiger partial charge >= 0.3 is 0 Å². The van der Waals surface area contributed by atoms with Crippen LogP contribution in [0.5, 0.6) is 0 Å². The van der Waals surface area contributed by atoms with Gasteiger partial charge in [-0.3, -0.25) is 4.79 Å². The minimum absolute atomic E-state index is 0.0721. The maximum atomic E-state index is 12.2. The molecule has 2 aliphatic heterocycles. The quantitative estimate of drug-likeness (QED) is 0.939. The summed E-state index contributed by atoms with van der Waals surface area (Å²) in [4.78, 5) is 23.4. The first-order valence-corrected chi connectivity index (χ1v) is 8.73. The van der Waals surface area contributed by atoms with Gasteiger partial charge in [-0.15, -0.1) is 0 Å². The highest BCUT2D eigenvalue weighted by Crippen LogP contribution is 2.27. The van der Waals surface area contributed by atoms with Crippen LogP contribution in [0.3, 0.4) is 0 Å². The van der Waals surface area contributed by atoms with E-state index >= 15 is 0 Å². The van der Waals surface area contributed by atoms with Crippen LogP contribution in [-0.2, 0) is 9.53 Å². The highest BCUT2D eigenvalue weighted by Gasteiger charge is 2.23. The van der Waals surface area contributed by atoms with Crippen molar-refractivity contribution in [1.29, 1.82) is 0 Å². The van der Waals surface area contributed by atoms with Gasteiger partial charge in [0.15, 0.2) is 0 Å². The molecule has 126 valence electrons. The summed E-state index contributed by atoms with van der Waals surface area (Å²) >= 11 is 0. The monoisotopic (exact) mass is 326 g/mol. The van der Waals surface area contributed by atoms with Gasteiger partial charge in [0.2, 0.25) is 0 Å². The van der Waals surface area contributed by atoms with Crippen molar-refractivity contribution in [2.24, 2.45) is 0 Å². The maximum absolute atomic E-state index is 12.2. The average molecular weight is 326 g/mol. The zero-order chi connectivity index (χ0) is 16.4. The van der Waals surface area contributed by atoms with Gasteiger partial charge in [-0.05, 0) is 50.3 Å². The van der Waals surface area contributed by atoms with E-state index in [1.165, 1.54) is 19.3 Å². The van der Waals surface area contributed by atoms with Crippen LogP contribution in [0.25, 0.3) is 10.9 Å². The Hall–Kier alpha value is -2.21. The van der Waals surface area contributed by atoms with E-state index in [1.54, 1.807) is 6.33 Å². The van der Waals surface area contributed by atoms with E-state index < -0.39 is 0 Å². The molecule has 1 N–H and O–H groups in total. The Balaban J connectivity index is 1.58. The van der Waals surface area contributed by atoms with Crippen molar-refractivity contribution in [2.75, 3.05) is 29.9 Å². The molecule has 2 aromatic rings. The fourth-order valence-corrected chi connectivity index (χ4v) is 3.49. The van der Waals surface area contributed by atoms with Crippen LogP contribution < -0.4 is 10.2 Å². The van der Waals surface area contributed by atoms with E-state index in [0.717, 1.165) is 48.3 Å². The van der Waals surface area contributed by atoms with E-state index in [2.05, 4.69) is 20.2 Å². The van der Waals surface area contributed by atoms with Crippen LogP contribution in [0.2, 0.25) is 0 Å². The van der Waals surface area contributed by atoms with Gasteiger partial charge in [0.25, 0.3) is 5.91 Å². The van der Waals surface area contributed by atoms with Crippen molar-refractivity contribution < 1.29 is 9.53 Å². The molecule has 6 nitrogen and oxygen atoms in total. The summed E-state index contributed by atoms with van der Waals surface area (Å²) in [6.45, 7) is 2.76. The number of benzene rings is 1. The van der Waals surface area contributed by atoms with Gasteiger partial charge in [0, 0.05) is 30.8 Å². The Morgan fingerprint density at radius 1 is 1.17 bits per heavy atom. The van der Waals surface area contributed by atoms with Crippen LogP contribution in [0, 0.1) is 0 Å². The fraction of sp³-hybridized carbons (Fsp3) is 0.500. The van der Waals surface area contributed by atoms with Gasteiger partial charge in [0.05, 0.1) is 5.52 Å². The molecule has 3 heterocycles. The van der Waals surface area contributed by atoms with Gasteiger partial charge in [0.1, 0.15) is 18.2 Å². The Kier molecular flexibility index (Phi) is 4.30. The number of hydrogen-bond donors (Lipinski definition) is 1. The zero-order valence-corrected chi connectivity index (χ0v) is 13.7. The molecule has 6 heteroatoms. The van der Waals surface area contributed by atoms with Crippen LogP contribution in [0.1, 0.15) is 32.1 Å². The normalized spacial score (nSPS) is 21.2. The van der Waals surface area contributed by atoms with Crippen molar-refractivity contribution in [3.63, 3.8) is 0 Å². The van der Waals surface area contributed by atoms with Crippen LogP contribution in [0.4, 0.5) is 11.5 Å². The summed E-state index contributed by atoms with van der Waals surface area (Å²) in [5.74, 6) is 0.925. The summed E-state index contributed by atoms with van der Waals surface area (Å²) in [6, 6.07) is 5.84. The lowest BCUT2D eigenvalue weighted by atomic mass is 10.1. The number of rotatable bonds is 3. The predicted molar refractivity (Wildman–Crippen MR) is 93.2 cm³/mol. The minimum Gasteiger partial charge on any atom is -0.368 e. The predicted octanol–water partition coefficient (Wildman–Crippen LogP) is 2.74. The molecule has 0 spiro atoms. The molecule has 0 radical (unpaired) electrons. The second kappa shape index (κ2) is 6.73. The number of carbonyl (C=O) groups excluding carboxylic acids is 1. The molecule has 2 fully saturated rings. The topological polar surface area (TPSA) is 67.4 Å². The molecule has 1 aromatic heterocycles. The number of nitrogens with one attached hydrogen (secondary N) is 1. The van der Waals surface area contributed by atoms with Gasteiger partial charge in [-0.2, -0.15) is 0 Å². The maximum Gasteiger partial charge on any atom is 0.253 e. The van der Waals surface area contributed by atoms with Crippen molar-refractivity contribution in [3.05, 3.63) is 24.5 Å². The first kappa shape index (κ1) is 15.3. The van der Waals surface area contributed by atoms with Gasteiger partial charge in [-0.25, -0.2) is 9.97 Å². The second-order valence-corrected chi connectivity index (χ2v) is 6.47. The summed E-state index contributed by atoms with van der Waals surface area (Å²) in [5.41, 5.74) is 1.61. The number of piperidine rings is 1. The number of aromatic nitrogens is 2. The van der Waals surface area contributed by atoms with E-state index in [4.69, 9.17) is 4.74 Å². The Morgan fingerprint density at radius 2 is 2.04 bits per heavy atom. The number of fused-ring (bicyclic) bond motifs is 1. The lowest BCUT2D eigenvalue weighted by molar-refractivity contribution is -0.124. The first-order chi connectivity index (χ1) is 11.8. The molecule has 0 aliphatic carbocycles. The van der Waals surface area contributed by atoms with E-state index in [-0.39, 0.29) is 12.0 Å². The third-order valence-electron chi connectivity index (χ3n) is 4.76. The average Bonchev–Trinajstić information content (AvgIpc) is 3.16. The molecule has 0 bridgehead atoms. The molecule has 1 atom stereocenters. The number of ether oxygens (including phenoxy) is 1. The minimum atomic E-state index is -0.324. The SMILES string of the molecule is O=C(Nc1ccc2c(N3CCCCC3)ncnc2c1)[C@H]1CCCO1. The molecular formula is C18H22N4O2. The summed E-state index contributed by atoms with van der Waals surface area (Å²) in [5, 5.41) is 3.97. The third kappa shape index (κ3) is 3.06. The van der Waals surface area contributed by atoms with Crippen LogP contribution in [0.15, 0.2) is 24.5 Å². The summed E-state index contributed by atoms with van der Waals surface area (Å²) in [6.07, 6.45) is 6.73. The number of amides is 1. The molecule has 2 saturated heterocycles. The van der Waals surface area contributed by atoms with E-state index in [1.807, 2.05) is 18.2 Å². The molecule has 2 aliphatic rings. The zero-order valence-electron chi connectivity index (χ0n) is 13.7. The highest BCUT2D eigenvalue weighted by molar-refractivity contribution is 5.98. The standard InChI is InChI=1S/C18H22N4O2/c23-18(16-5-4-10-24-16)21-13-6-7-14-15(11-13)19-12-20-17(14)22-8-2-1-3-9-22/h6-7,11-12,16H,1-5,8-10H2,(H,21,23)/t16-/m1/s1.